The highest BCUT2D eigenvalue weighted by Crippen LogP contribution is 2.21. The molecule has 114 valence electrons. The zero-order valence-electron chi connectivity index (χ0n) is 11.6. The van der Waals surface area contributed by atoms with Crippen LogP contribution in [0.25, 0.3) is 0 Å². The zero-order chi connectivity index (χ0) is 16.2. The van der Waals surface area contributed by atoms with Crippen molar-refractivity contribution < 1.29 is 24.0 Å². The van der Waals surface area contributed by atoms with Crippen molar-refractivity contribution in [2.24, 2.45) is 0 Å². The molecule has 21 heavy (non-hydrogen) atoms. The van der Waals surface area contributed by atoms with Gasteiger partial charge in [-0.15, -0.1) is 0 Å². The fourth-order valence-corrected chi connectivity index (χ4v) is 1.87. The van der Waals surface area contributed by atoms with Crippen molar-refractivity contribution in [1.82, 2.24) is 5.32 Å². The highest BCUT2D eigenvalue weighted by atomic mass is 19.1. The predicted molar refractivity (Wildman–Crippen MR) is 71.5 cm³/mol. The summed E-state index contributed by atoms with van der Waals surface area (Å²) in [4.78, 5) is 33.0. The van der Waals surface area contributed by atoms with Gasteiger partial charge in [0.15, 0.2) is 0 Å². The lowest BCUT2D eigenvalue weighted by molar-refractivity contribution is -0.387. The monoisotopic (exact) mass is 298 g/mol. The van der Waals surface area contributed by atoms with Crippen LogP contribution in [0.5, 0.6) is 0 Å². The fourth-order valence-electron chi connectivity index (χ4n) is 1.87. The zero-order valence-corrected chi connectivity index (χ0v) is 11.6. The SMILES string of the molecule is CCC(CC)(NC(=O)c1ccc(F)c([N+](=O)[O-])c1)C(=O)O. The van der Waals surface area contributed by atoms with Crippen LogP contribution in [-0.4, -0.2) is 27.4 Å². The Morgan fingerprint density at radius 1 is 1.38 bits per heavy atom. The van der Waals surface area contributed by atoms with Crippen LogP contribution in [0.4, 0.5) is 10.1 Å². The molecule has 0 aromatic heterocycles. The van der Waals surface area contributed by atoms with Crippen LogP contribution in [0, 0.1) is 15.9 Å². The van der Waals surface area contributed by atoms with Crippen LogP contribution in [-0.2, 0) is 4.79 Å². The van der Waals surface area contributed by atoms with E-state index in [0.717, 1.165) is 18.2 Å². The number of rotatable bonds is 6. The van der Waals surface area contributed by atoms with Crippen molar-refractivity contribution in [2.45, 2.75) is 32.2 Å². The molecule has 0 aliphatic heterocycles. The molecule has 0 atom stereocenters. The lowest BCUT2D eigenvalue weighted by atomic mass is 9.92. The molecular weight excluding hydrogens is 283 g/mol. The van der Waals surface area contributed by atoms with Crippen LogP contribution in [0.1, 0.15) is 37.0 Å². The van der Waals surface area contributed by atoms with E-state index in [1.165, 1.54) is 0 Å². The Kier molecular flexibility index (Phi) is 4.96. The van der Waals surface area contributed by atoms with E-state index >= 15 is 0 Å². The van der Waals surface area contributed by atoms with E-state index in [9.17, 15) is 29.2 Å². The van der Waals surface area contributed by atoms with E-state index in [1.54, 1.807) is 13.8 Å². The topological polar surface area (TPSA) is 110 Å². The lowest BCUT2D eigenvalue weighted by Crippen LogP contribution is -2.53. The average Bonchev–Trinajstić information content (AvgIpc) is 2.44. The number of halogens is 1. The second kappa shape index (κ2) is 6.29. The minimum Gasteiger partial charge on any atom is -0.480 e. The van der Waals surface area contributed by atoms with E-state index in [0.29, 0.717) is 0 Å². The number of hydrogen-bond acceptors (Lipinski definition) is 4. The second-order valence-electron chi connectivity index (χ2n) is 4.47. The third-order valence-corrected chi connectivity index (χ3v) is 3.37. The average molecular weight is 298 g/mol. The Hall–Kier alpha value is -2.51. The van der Waals surface area contributed by atoms with Gasteiger partial charge in [-0.05, 0) is 25.0 Å². The molecule has 0 saturated heterocycles. The number of amides is 1. The molecule has 2 N–H and O–H groups in total. The number of nitrogens with zero attached hydrogens (tertiary/aromatic N) is 1. The third-order valence-electron chi connectivity index (χ3n) is 3.37. The van der Waals surface area contributed by atoms with Crippen LogP contribution >= 0.6 is 0 Å². The van der Waals surface area contributed by atoms with E-state index in [2.05, 4.69) is 5.32 Å². The Labute approximate surface area is 119 Å². The summed E-state index contributed by atoms with van der Waals surface area (Å²) in [6.07, 6.45) is 0.293. The van der Waals surface area contributed by atoms with Crippen LogP contribution in [0.2, 0.25) is 0 Å². The highest BCUT2D eigenvalue weighted by Gasteiger charge is 2.36. The van der Waals surface area contributed by atoms with Gasteiger partial charge in [0.2, 0.25) is 5.82 Å². The summed E-state index contributed by atoms with van der Waals surface area (Å²) in [5.41, 5.74) is -2.47. The highest BCUT2D eigenvalue weighted by molar-refractivity contribution is 5.98. The van der Waals surface area contributed by atoms with Crippen molar-refractivity contribution in [3.8, 4) is 0 Å². The van der Waals surface area contributed by atoms with Crippen molar-refractivity contribution in [3.63, 3.8) is 0 Å². The van der Waals surface area contributed by atoms with Gasteiger partial charge in [-0.3, -0.25) is 14.9 Å². The van der Waals surface area contributed by atoms with E-state index in [-0.39, 0.29) is 18.4 Å². The number of hydrogen-bond donors (Lipinski definition) is 2. The number of benzene rings is 1. The van der Waals surface area contributed by atoms with E-state index in [1.807, 2.05) is 0 Å². The molecule has 0 fully saturated rings. The van der Waals surface area contributed by atoms with Crippen LogP contribution in [0.3, 0.4) is 0 Å². The first kappa shape index (κ1) is 16.5. The van der Waals surface area contributed by atoms with Crippen LogP contribution < -0.4 is 5.32 Å². The number of carbonyl (C=O) groups excluding carboxylic acids is 1. The van der Waals surface area contributed by atoms with Gasteiger partial charge in [0, 0.05) is 11.6 Å². The Bertz CT molecular complexity index is 584. The minimum atomic E-state index is -1.46. The molecule has 0 spiro atoms. The molecule has 0 saturated carbocycles. The number of carbonyl (C=O) groups is 2. The summed E-state index contributed by atoms with van der Waals surface area (Å²) >= 11 is 0. The quantitative estimate of drug-likeness (QED) is 0.617. The van der Waals surface area contributed by atoms with Gasteiger partial charge in [0.1, 0.15) is 5.54 Å². The Balaban J connectivity index is 3.12. The summed E-state index contributed by atoms with van der Waals surface area (Å²) in [6, 6.07) is 2.64. The molecule has 1 amide bonds. The Morgan fingerprint density at radius 3 is 2.38 bits per heavy atom. The molecule has 0 heterocycles. The minimum absolute atomic E-state index is 0.147. The van der Waals surface area contributed by atoms with Crippen molar-refractivity contribution in [1.29, 1.82) is 0 Å². The lowest BCUT2D eigenvalue weighted by Gasteiger charge is -2.28. The third kappa shape index (κ3) is 3.33. The number of nitro groups is 1. The maximum Gasteiger partial charge on any atom is 0.329 e. The molecule has 0 aliphatic carbocycles. The molecule has 8 heteroatoms. The summed E-state index contributed by atoms with van der Waals surface area (Å²) in [5.74, 6) is -3.06. The van der Waals surface area contributed by atoms with E-state index in [4.69, 9.17) is 0 Å². The maximum absolute atomic E-state index is 13.2. The normalized spacial score (nSPS) is 11.0. The summed E-state index contributed by atoms with van der Waals surface area (Å²) < 4.78 is 13.2. The summed E-state index contributed by atoms with van der Waals surface area (Å²) in [6.45, 7) is 3.20. The van der Waals surface area contributed by atoms with Crippen molar-refractivity contribution in [3.05, 3.63) is 39.7 Å². The fraction of sp³-hybridized carbons (Fsp3) is 0.385. The van der Waals surface area contributed by atoms with Crippen molar-refractivity contribution in [2.75, 3.05) is 0 Å². The van der Waals surface area contributed by atoms with Crippen LogP contribution in [0.15, 0.2) is 18.2 Å². The largest absolute Gasteiger partial charge is 0.480 e. The second-order valence-corrected chi connectivity index (χ2v) is 4.47. The number of nitro benzene ring substituents is 1. The van der Waals surface area contributed by atoms with E-state index < -0.39 is 33.8 Å². The van der Waals surface area contributed by atoms with Crippen molar-refractivity contribution >= 4 is 17.6 Å². The molecule has 0 radical (unpaired) electrons. The first-order valence-electron chi connectivity index (χ1n) is 6.27. The number of aliphatic carboxylic acids is 1. The number of nitrogens with one attached hydrogen (secondary N) is 1. The Morgan fingerprint density at radius 2 is 1.95 bits per heavy atom. The molecule has 1 aromatic rings. The van der Waals surface area contributed by atoms with Gasteiger partial charge >= 0.3 is 11.7 Å². The summed E-state index contributed by atoms with van der Waals surface area (Å²) in [7, 11) is 0. The predicted octanol–water partition coefficient (Wildman–Crippen LogP) is 2.11. The van der Waals surface area contributed by atoms with Gasteiger partial charge in [-0.25, -0.2) is 4.79 Å². The molecule has 1 rings (SSSR count). The van der Waals surface area contributed by atoms with Gasteiger partial charge in [-0.2, -0.15) is 4.39 Å². The molecule has 0 unspecified atom stereocenters. The van der Waals surface area contributed by atoms with Gasteiger partial charge in [0.05, 0.1) is 4.92 Å². The van der Waals surface area contributed by atoms with Gasteiger partial charge in [-0.1, -0.05) is 13.8 Å². The first-order chi connectivity index (χ1) is 9.77. The maximum atomic E-state index is 13.2. The smallest absolute Gasteiger partial charge is 0.329 e. The van der Waals surface area contributed by atoms with Gasteiger partial charge < -0.3 is 10.4 Å². The summed E-state index contributed by atoms with van der Waals surface area (Å²) in [5, 5.41) is 22.2. The molecule has 7 nitrogen and oxygen atoms in total. The number of carboxylic acids is 1. The molecule has 1 aromatic carbocycles. The molecule has 0 bridgehead atoms. The standard InChI is InChI=1S/C13H15FN2O5/c1-3-13(4-2,12(18)19)15-11(17)8-5-6-9(14)10(7-8)16(20)21/h5-7H,3-4H2,1-2H3,(H,15,17)(H,18,19). The molecule has 0 aliphatic rings. The number of carboxylic acid groups (broad SMARTS) is 1. The molecular formula is C13H15FN2O5. The van der Waals surface area contributed by atoms with Gasteiger partial charge in [0.25, 0.3) is 5.91 Å². The first-order valence-corrected chi connectivity index (χ1v) is 6.27.